The zero-order chi connectivity index (χ0) is 15.1. The maximum absolute atomic E-state index is 12.6. The highest BCUT2D eigenvalue weighted by molar-refractivity contribution is 5.38. The van der Waals surface area contributed by atoms with Crippen molar-refractivity contribution in [3.8, 4) is 5.82 Å². The fraction of sp³-hybridized carbons (Fsp3) is 0.500. The first-order valence-electron chi connectivity index (χ1n) is 6.10. The van der Waals surface area contributed by atoms with Crippen molar-refractivity contribution in [2.75, 3.05) is 0 Å². The SMILES string of the molecule is Cc1nn(C)c(-n2cc(C(F)(F)F)cn2)c1CC(C)N. The second-order valence-corrected chi connectivity index (χ2v) is 4.86. The molecule has 5 nitrogen and oxygen atoms in total. The van der Waals surface area contributed by atoms with Crippen molar-refractivity contribution >= 4 is 0 Å². The first-order valence-corrected chi connectivity index (χ1v) is 6.10. The molecule has 0 fully saturated rings. The fourth-order valence-corrected chi connectivity index (χ4v) is 2.12. The van der Waals surface area contributed by atoms with Crippen molar-refractivity contribution in [3.05, 3.63) is 29.2 Å². The summed E-state index contributed by atoms with van der Waals surface area (Å²) in [6, 6.07) is -0.116. The van der Waals surface area contributed by atoms with Gasteiger partial charge in [0.05, 0.1) is 17.5 Å². The van der Waals surface area contributed by atoms with E-state index in [9.17, 15) is 13.2 Å². The van der Waals surface area contributed by atoms with Crippen LogP contribution < -0.4 is 5.73 Å². The predicted octanol–water partition coefficient (Wildman–Crippen LogP) is 1.82. The van der Waals surface area contributed by atoms with Crippen LogP contribution in [0.3, 0.4) is 0 Å². The predicted molar refractivity (Wildman–Crippen MR) is 67.4 cm³/mol. The molecule has 2 aromatic heterocycles. The summed E-state index contributed by atoms with van der Waals surface area (Å²) in [5, 5.41) is 8.02. The lowest BCUT2D eigenvalue weighted by Crippen LogP contribution is -2.19. The van der Waals surface area contributed by atoms with Gasteiger partial charge in [0.2, 0.25) is 0 Å². The van der Waals surface area contributed by atoms with E-state index in [2.05, 4.69) is 10.2 Å². The van der Waals surface area contributed by atoms with E-state index in [1.165, 1.54) is 9.36 Å². The van der Waals surface area contributed by atoms with Crippen molar-refractivity contribution < 1.29 is 13.2 Å². The van der Waals surface area contributed by atoms with Gasteiger partial charge in [-0.1, -0.05) is 0 Å². The monoisotopic (exact) mass is 287 g/mol. The van der Waals surface area contributed by atoms with Crippen LogP contribution in [0, 0.1) is 6.92 Å². The summed E-state index contributed by atoms with van der Waals surface area (Å²) in [5.74, 6) is 0.510. The minimum atomic E-state index is -4.41. The summed E-state index contributed by atoms with van der Waals surface area (Å²) in [6.45, 7) is 3.63. The Morgan fingerprint density at radius 3 is 2.55 bits per heavy atom. The molecule has 0 aromatic carbocycles. The summed E-state index contributed by atoms with van der Waals surface area (Å²) < 4.78 is 40.6. The van der Waals surface area contributed by atoms with Gasteiger partial charge in [0.1, 0.15) is 0 Å². The van der Waals surface area contributed by atoms with Gasteiger partial charge in [0.15, 0.2) is 5.82 Å². The highest BCUT2D eigenvalue weighted by atomic mass is 19.4. The molecule has 0 radical (unpaired) electrons. The number of aryl methyl sites for hydroxylation is 2. The molecule has 0 aliphatic rings. The van der Waals surface area contributed by atoms with Crippen LogP contribution in [0.15, 0.2) is 12.4 Å². The minimum absolute atomic E-state index is 0.116. The second-order valence-electron chi connectivity index (χ2n) is 4.86. The molecule has 20 heavy (non-hydrogen) atoms. The normalized spacial score (nSPS) is 13.8. The number of alkyl halides is 3. The van der Waals surface area contributed by atoms with Gasteiger partial charge in [-0.15, -0.1) is 0 Å². The lowest BCUT2D eigenvalue weighted by atomic mass is 10.1. The smallest absolute Gasteiger partial charge is 0.328 e. The zero-order valence-corrected chi connectivity index (χ0v) is 11.4. The lowest BCUT2D eigenvalue weighted by Gasteiger charge is -2.09. The Hall–Kier alpha value is -1.83. The van der Waals surface area contributed by atoms with E-state index in [-0.39, 0.29) is 6.04 Å². The maximum atomic E-state index is 12.6. The average Bonchev–Trinajstić information content (AvgIpc) is 2.84. The van der Waals surface area contributed by atoms with Gasteiger partial charge in [-0.3, -0.25) is 4.68 Å². The largest absolute Gasteiger partial charge is 0.419 e. The quantitative estimate of drug-likeness (QED) is 0.936. The Labute approximate surface area is 114 Å². The molecule has 0 saturated heterocycles. The molecule has 0 bridgehead atoms. The summed E-state index contributed by atoms with van der Waals surface area (Å²) >= 11 is 0. The number of hydrogen-bond donors (Lipinski definition) is 1. The van der Waals surface area contributed by atoms with Gasteiger partial charge >= 0.3 is 6.18 Å². The van der Waals surface area contributed by atoms with Gasteiger partial charge in [-0.25, -0.2) is 4.68 Å². The molecular weight excluding hydrogens is 271 g/mol. The van der Waals surface area contributed by atoms with Gasteiger partial charge in [-0.2, -0.15) is 23.4 Å². The first-order chi connectivity index (χ1) is 9.20. The number of nitrogens with two attached hydrogens (primary N) is 1. The molecule has 1 unspecified atom stereocenters. The van der Waals surface area contributed by atoms with Crippen LogP contribution in [0.1, 0.15) is 23.7 Å². The number of rotatable bonds is 3. The van der Waals surface area contributed by atoms with E-state index in [1.807, 2.05) is 6.92 Å². The molecule has 2 N–H and O–H groups in total. The number of nitrogens with zero attached hydrogens (tertiary/aromatic N) is 4. The van der Waals surface area contributed by atoms with Gasteiger partial charge < -0.3 is 5.73 Å². The average molecular weight is 287 g/mol. The van der Waals surface area contributed by atoms with Crippen molar-refractivity contribution in [3.63, 3.8) is 0 Å². The number of halogens is 3. The molecule has 110 valence electrons. The van der Waals surface area contributed by atoms with Crippen LogP contribution in [0.2, 0.25) is 0 Å². The summed E-state index contributed by atoms with van der Waals surface area (Å²) in [6.07, 6.45) is -2.12. The highest BCUT2D eigenvalue weighted by Crippen LogP contribution is 2.29. The minimum Gasteiger partial charge on any atom is -0.328 e. The molecule has 2 aromatic rings. The molecular formula is C12H16F3N5. The molecule has 0 saturated carbocycles. The fourth-order valence-electron chi connectivity index (χ4n) is 2.12. The van der Waals surface area contributed by atoms with Crippen LogP contribution in [0.5, 0.6) is 0 Å². The molecule has 8 heteroatoms. The topological polar surface area (TPSA) is 61.7 Å². The molecule has 0 amide bonds. The van der Waals surface area contributed by atoms with E-state index in [0.29, 0.717) is 12.2 Å². The van der Waals surface area contributed by atoms with Crippen LogP contribution in [0.25, 0.3) is 5.82 Å². The van der Waals surface area contributed by atoms with Crippen LogP contribution in [0.4, 0.5) is 13.2 Å². The van der Waals surface area contributed by atoms with Crippen molar-refractivity contribution in [1.29, 1.82) is 0 Å². The second kappa shape index (κ2) is 4.93. The lowest BCUT2D eigenvalue weighted by molar-refractivity contribution is -0.137. The van der Waals surface area contributed by atoms with E-state index >= 15 is 0 Å². The van der Waals surface area contributed by atoms with Crippen LogP contribution in [-0.4, -0.2) is 25.6 Å². The Morgan fingerprint density at radius 1 is 1.40 bits per heavy atom. The molecule has 0 aliphatic heterocycles. The van der Waals surface area contributed by atoms with Crippen LogP contribution in [-0.2, 0) is 19.6 Å². The number of aromatic nitrogens is 4. The van der Waals surface area contributed by atoms with Crippen molar-refractivity contribution in [2.45, 2.75) is 32.5 Å². The Balaban J connectivity index is 2.49. The third kappa shape index (κ3) is 2.69. The third-order valence-electron chi connectivity index (χ3n) is 2.97. The molecule has 0 spiro atoms. The van der Waals surface area contributed by atoms with Crippen molar-refractivity contribution in [1.82, 2.24) is 19.6 Å². The van der Waals surface area contributed by atoms with Gasteiger partial charge in [0, 0.05) is 24.8 Å². The number of hydrogen-bond acceptors (Lipinski definition) is 3. The van der Waals surface area contributed by atoms with E-state index < -0.39 is 11.7 Å². The van der Waals surface area contributed by atoms with Crippen LogP contribution >= 0.6 is 0 Å². The van der Waals surface area contributed by atoms with E-state index in [0.717, 1.165) is 23.7 Å². The Morgan fingerprint density at radius 2 is 2.05 bits per heavy atom. The van der Waals surface area contributed by atoms with E-state index in [1.54, 1.807) is 14.0 Å². The summed E-state index contributed by atoms with van der Waals surface area (Å²) in [7, 11) is 1.67. The first kappa shape index (κ1) is 14.6. The highest BCUT2D eigenvalue weighted by Gasteiger charge is 2.33. The van der Waals surface area contributed by atoms with E-state index in [4.69, 9.17) is 5.73 Å². The molecule has 2 rings (SSSR count). The molecule has 0 aliphatic carbocycles. The standard InChI is InChI=1S/C12H16F3N5/c1-7(16)4-10-8(2)18-19(3)11(10)20-6-9(5-17-20)12(13,14)15/h5-7H,4,16H2,1-3H3. The van der Waals surface area contributed by atoms with Gasteiger partial charge in [-0.05, 0) is 20.3 Å². The summed E-state index contributed by atoms with van der Waals surface area (Å²) in [5.41, 5.74) is 6.53. The Bertz CT molecular complexity index is 609. The molecule has 1 atom stereocenters. The maximum Gasteiger partial charge on any atom is 0.419 e. The molecule has 2 heterocycles. The van der Waals surface area contributed by atoms with Gasteiger partial charge in [0.25, 0.3) is 0 Å². The zero-order valence-electron chi connectivity index (χ0n) is 11.4. The summed E-state index contributed by atoms with van der Waals surface area (Å²) in [4.78, 5) is 0. The third-order valence-corrected chi connectivity index (χ3v) is 2.97. The van der Waals surface area contributed by atoms with Crippen molar-refractivity contribution in [2.24, 2.45) is 12.8 Å². The Kier molecular flexibility index (Phi) is 3.59.